The predicted octanol–water partition coefficient (Wildman–Crippen LogP) is 2.30. The van der Waals surface area contributed by atoms with Crippen LogP contribution < -0.4 is 5.73 Å². The quantitative estimate of drug-likeness (QED) is 0.878. The maximum absolute atomic E-state index is 6.32. The zero-order valence-corrected chi connectivity index (χ0v) is 11.0. The summed E-state index contributed by atoms with van der Waals surface area (Å²) in [5.74, 6) is 0.894. The van der Waals surface area contributed by atoms with Gasteiger partial charge in [0.1, 0.15) is 11.9 Å². The lowest BCUT2D eigenvalue weighted by Gasteiger charge is -2.15. The molecule has 2 N–H and O–H groups in total. The fraction of sp³-hybridized carbons (Fsp3) is 0.429. The van der Waals surface area contributed by atoms with Crippen molar-refractivity contribution in [1.29, 1.82) is 0 Å². The molecule has 0 saturated carbocycles. The number of pyridine rings is 1. The van der Waals surface area contributed by atoms with Gasteiger partial charge in [-0.3, -0.25) is 4.98 Å². The van der Waals surface area contributed by atoms with E-state index in [-0.39, 0.29) is 6.04 Å². The molecule has 1 unspecified atom stereocenters. The number of hydrogen-bond acceptors (Lipinski definition) is 3. The van der Waals surface area contributed by atoms with Crippen LogP contribution >= 0.6 is 0 Å². The summed E-state index contributed by atoms with van der Waals surface area (Å²) in [7, 11) is 0. The molecule has 0 aromatic carbocycles. The second-order valence-electron chi connectivity index (χ2n) is 4.36. The monoisotopic (exact) mass is 244 g/mol. The van der Waals surface area contributed by atoms with Gasteiger partial charge < -0.3 is 10.3 Å². The van der Waals surface area contributed by atoms with E-state index in [2.05, 4.69) is 34.4 Å². The molecule has 4 nitrogen and oxygen atoms in total. The number of rotatable bonds is 5. The highest BCUT2D eigenvalue weighted by Crippen LogP contribution is 2.20. The summed E-state index contributed by atoms with van der Waals surface area (Å²) in [6.45, 7) is 5.20. The maximum Gasteiger partial charge on any atom is 0.131 e. The van der Waals surface area contributed by atoms with Gasteiger partial charge in [-0.15, -0.1) is 0 Å². The highest BCUT2D eigenvalue weighted by Gasteiger charge is 2.18. The third-order valence-corrected chi connectivity index (χ3v) is 3.09. The van der Waals surface area contributed by atoms with Gasteiger partial charge in [0, 0.05) is 25.1 Å². The van der Waals surface area contributed by atoms with Crippen molar-refractivity contribution in [2.45, 2.75) is 39.3 Å². The Morgan fingerprint density at radius 3 is 2.83 bits per heavy atom. The number of aryl methyl sites for hydroxylation is 2. The van der Waals surface area contributed by atoms with Crippen molar-refractivity contribution in [3.8, 4) is 0 Å². The fourth-order valence-corrected chi connectivity index (χ4v) is 2.18. The summed E-state index contributed by atoms with van der Waals surface area (Å²) in [4.78, 5) is 8.81. The van der Waals surface area contributed by atoms with Crippen LogP contribution in [-0.4, -0.2) is 14.5 Å². The first-order chi connectivity index (χ1) is 8.77. The Labute approximate surface area is 108 Å². The lowest BCUT2D eigenvalue weighted by molar-refractivity contribution is 0.605. The smallest absolute Gasteiger partial charge is 0.131 e. The highest BCUT2D eigenvalue weighted by molar-refractivity contribution is 5.27. The van der Waals surface area contributed by atoms with E-state index in [0.29, 0.717) is 0 Å². The molecule has 4 heteroatoms. The van der Waals surface area contributed by atoms with Crippen LogP contribution in [0, 0.1) is 0 Å². The van der Waals surface area contributed by atoms with Gasteiger partial charge in [0.15, 0.2) is 0 Å². The summed E-state index contributed by atoms with van der Waals surface area (Å²) in [5.41, 5.74) is 8.45. The van der Waals surface area contributed by atoms with Crippen molar-refractivity contribution < 1.29 is 0 Å². The maximum atomic E-state index is 6.32. The largest absolute Gasteiger partial charge is 0.333 e. The Morgan fingerprint density at radius 1 is 1.28 bits per heavy atom. The van der Waals surface area contributed by atoms with Crippen LogP contribution in [0.15, 0.2) is 30.7 Å². The molecule has 0 bridgehead atoms. The van der Waals surface area contributed by atoms with Gasteiger partial charge in [0.25, 0.3) is 0 Å². The normalized spacial score (nSPS) is 12.6. The van der Waals surface area contributed by atoms with Gasteiger partial charge >= 0.3 is 0 Å². The molecule has 0 aliphatic heterocycles. The van der Waals surface area contributed by atoms with Gasteiger partial charge in [0.2, 0.25) is 0 Å². The van der Waals surface area contributed by atoms with Crippen LogP contribution in [0.2, 0.25) is 0 Å². The Hall–Kier alpha value is -1.68. The van der Waals surface area contributed by atoms with Crippen molar-refractivity contribution in [1.82, 2.24) is 14.5 Å². The topological polar surface area (TPSA) is 56.7 Å². The van der Waals surface area contributed by atoms with Crippen LogP contribution in [-0.2, 0) is 13.0 Å². The van der Waals surface area contributed by atoms with E-state index in [0.717, 1.165) is 30.9 Å². The molecule has 0 aliphatic carbocycles. The molecular formula is C14H20N4. The summed E-state index contributed by atoms with van der Waals surface area (Å²) in [6.07, 6.45) is 7.58. The van der Waals surface area contributed by atoms with Crippen molar-refractivity contribution in [2.75, 3.05) is 0 Å². The van der Waals surface area contributed by atoms with Crippen molar-refractivity contribution in [3.05, 3.63) is 47.8 Å². The zero-order chi connectivity index (χ0) is 13.0. The summed E-state index contributed by atoms with van der Waals surface area (Å²) in [5, 5.41) is 0. The Bertz CT molecular complexity index is 504. The number of imidazole rings is 1. The molecule has 2 rings (SSSR count). The lowest BCUT2D eigenvalue weighted by Crippen LogP contribution is -2.20. The molecule has 2 aromatic rings. The molecule has 0 saturated heterocycles. The van der Waals surface area contributed by atoms with Crippen LogP contribution in [0.5, 0.6) is 0 Å². The molecule has 0 aliphatic rings. The number of aromatic nitrogens is 3. The van der Waals surface area contributed by atoms with E-state index >= 15 is 0 Å². The number of hydrogen-bond donors (Lipinski definition) is 1. The molecule has 0 amide bonds. The molecule has 0 spiro atoms. The summed E-state index contributed by atoms with van der Waals surface area (Å²) in [6, 6.07) is 3.78. The Kier molecular flexibility index (Phi) is 4.10. The molecule has 2 heterocycles. The first kappa shape index (κ1) is 12.8. The minimum Gasteiger partial charge on any atom is -0.333 e. The van der Waals surface area contributed by atoms with Crippen molar-refractivity contribution >= 4 is 0 Å². The van der Waals surface area contributed by atoms with E-state index in [9.17, 15) is 0 Å². The standard InChI is InChI=1S/C14H20N4/c1-3-9-18-10-8-17-14(18)12(15)13-11(4-2)6-5-7-16-13/h5-8,10,12H,3-4,9,15H2,1-2H3. The predicted molar refractivity (Wildman–Crippen MR) is 72.2 cm³/mol. The van der Waals surface area contributed by atoms with E-state index < -0.39 is 0 Å². The van der Waals surface area contributed by atoms with Crippen molar-refractivity contribution in [3.63, 3.8) is 0 Å². The summed E-state index contributed by atoms with van der Waals surface area (Å²) >= 11 is 0. The third-order valence-electron chi connectivity index (χ3n) is 3.09. The number of nitrogens with zero attached hydrogens (tertiary/aromatic N) is 3. The van der Waals surface area contributed by atoms with Gasteiger partial charge in [-0.1, -0.05) is 19.9 Å². The molecule has 0 fully saturated rings. The lowest BCUT2D eigenvalue weighted by atomic mass is 10.1. The molecule has 1 atom stereocenters. The Morgan fingerprint density at radius 2 is 2.11 bits per heavy atom. The van der Waals surface area contributed by atoms with E-state index in [4.69, 9.17) is 5.73 Å². The first-order valence-corrected chi connectivity index (χ1v) is 6.48. The van der Waals surface area contributed by atoms with Crippen LogP contribution in [0.1, 0.15) is 43.4 Å². The molecule has 18 heavy (non-hydrogen) atoms. The Balaban J connectivity index is 2.35. The van der Waals surface area contributed by atoms with E-state index in [1.54, 1.807) is 12.4 Å². The average Bonchev–Trinajstić information content (AvgIpc) is 2.86. The molecule has 2 aromatic heterocycles. The van der Waals surface area contributed by atoms with Crippen LogP contribution in [0.4, 0.5) is 0 Å². The van der Waals surface area contributed by atoms with Crippen LogP contribution in [0.25, 0.3) is 0 Å². The summed E-state index contributed by atoms with van der Waals surface area (Å²) < 4.78 is 2.11. The van der Waals surface area contributed by atoms with E-state index in [1.165, 1.54) is 5.56 Å². The molecular weight excluding hydrogens is 224 g/mol. The minimum absolute atomic E-state index is 0.248. The number of nitrogens with two attached hydrogens (primary N) is 1. The van der Waals surface area contributed by atoms with Gasteiger partial charge in [-0.05, 0) is 24.5 Å². The second kappa shape index (κ2) is 5.78. The highest BCUT2D eigenvalue weighted by atomic mass is 15.1. The SMILES string of the molecule is CCCn1ccnc1C(N)c1ncccc1CC. The first-order valence-electron chi connectivity index (χ1n) is 6.48. The second-order valence-corrected chi connectivity index (χ2v) is 4.36. The molecule has 96 valence electrons. The van der Waals surface area contributed by atoms with Gasteiger partial charge in [-0.2, -0.15) is 0 Å². The van der Waals surface area contributed by atoms with Crippen molar-refractivity contribution in [2.24, 2.45) is 5.73 Å². The van der Waals surface area contributed by atoms with Gasteiger partial charge in [-0.25, -0.2) is 4.98 Å². The fourth-order valence-electron chi connectivity index (χ4n) is 2.18. The van der Waals surface area contributed by atoms with Crippen LogP contribution in [0.3, 0.4) is 0 Å². The zero-order valence-electron chi connectivity index (χ0n) is 11.0. The molecule has 0 radical (unpaired) electrons. The van der Waals surface area contributed by atoms with E-state index in [1.807, 2.05) is 12.3 Å². The minimum atomic E-state index is -0.248. The van der Waals surface area contributed by atoms with Gasteiger partial charge in [0.05, 0.1) is 5.69 Å². The average molecular weight is 244 g/mol. The third kappa shape index (κ3) is 2.43.